The average molecular weight is 366 g/mol. The number of nitrogens with zero attached hydrogens (tertiary/aromatic N) is 1. The van der Waals surface area contributed by atoms with Crippen LogP contribution in [0.5, 0.6) is 17.2 Å². The van der Waals surface area contributed by atoms with Crippen molar-refractivity contribution < 1.29 is 14.2 Å². The fourth-order valence-electron chi connectivity index (χ4n) is 3.10. The smallest absolute Gasteiger partial charge is 0.184 e. The molecule has 0 spiro atoms. The van der Waals surface area contributed by atoms with Crippen molar-refractivity contribution in [1.82, 2.24) is 0 Å². The van der Waals surface area contributed by atoms with E-state index in [0.29, 0.717) is 5.75 Å². The van der Waals surface area contributed by atoms with Gasteiger partial charge in [0.2, 0.25) is 0 Å². The quantitative estimate of drug-likeness (QED) is 0.628. The van der Waals surface area contributed by atoms with Crippen molar-refractivity contribution in [2.24, 2.45) is 0 Å². The summed E-state index contributed by atoms with van der Waals surface area (Å²) in [5.74, 6) is 2.23. The van der Waals surface area contributed by atoms with E-state index in [9.17, 15) is 0 Å². The standard InChI is InChI=1S/C21H23NO3Si/c1-23-18-14-17(19(24-2)20(25-3)21(18)26)22(15-10-6-4-7-11-15)16-12-8-5-9-13-16/h4-14H,1-3,26H3. The van der Waals surface area contributed by atoms with Gasteiger partial charge in [-0.05, 0) is 24.3 Å². The lowest BCUT2D eigenvalue weighted by Crippen LogP contribution is -2.17. The van der Waals surface area contributed by atoms with Gasteiger partial charge in [0.25, 0.3) is 0 Å². The van der Waals surface area contributed by atoms with Crippen LogP contribution in [0.25, 0.3) is 0 Å². The molecule has 0 unspecified atom stereocenters. The highest BCUT2D eigenvalue weighted by Gasteiger charge is 2.23. The van der Waals surface area contributed by atoms with Crippen molar-refractivity contribution in [3.63, 3.8) is 0 Å². The van der Waals surface area contributed by atoms with Crippen LogP contribution in [0.3, 0.4) is 0 Å². The molecule has 5 heteroatoms. The summed E-state index contributed by atoms with van der Waals surface area (Å²) in [6, 6.07) is 22.4. The third-order valence-corrected chi connectivity index (χ3v) is 5.26. The van der Waals surface area contributed by atoms with Crippen molar-refractivity contribution >= 4 is 32.5 Å². The van der Waals surface area contributed by atoms with Crippen molar-refractivity contribution in [2.45, 2.75) is 0 Å². The zero-order chi connectivity index (χ0) is 18.5. The molecular formula is C21H23NO3Si. The van der Waals surface area contributed by atoms with Crippen LogP contribution in [0.1, 0.15) is 0 Å². The van der Waals surface area contributed by atoms with Gasteiger partial charge in [-0.15, -0.1) is 0 Å². The molecule has 0 fully saturated rings. The first-order chi connectivity index (χ1) is 12.7. The Morgan fingerprint density at radius 2 is 1.19 bits per heavy atom. The second-order valence-corrected chi connectivity index (χ2v) is 6.80. The van der Waals surface area contributed by atoms with Crippen LogP contribution < -0.4 is 24.3 Å². The van der Waals surface area contributed by atoms with Gasteiger partial charge in [0.15, 0.2) is 11.5 Å². The molecule has 4 nitrogen and oxygen atoms in total. The normalized spacial score (nSPS) is 10.4. The molecule has 0 saturated carbocycles. The molecule has 0 aliphatic carbocycles. The first-order valence-electron chi connectivity index (χ1n) is 8.41. The minimum absolute atomic E-state index is 0.700. The average Bonchev–Trinajstić information content (AvgIpc) is 2.70. The number of rotatable bonds is 6. The van der Waals surface area contributed by atoms with Crippen LogP contribution in [-0.4, -0.2) is 31.6 Å². The Morgan fingerprint density at radius 1 is 0.692 bits per heavy atom. The molecule has 0 N–H and O–H groups in total. The maximum absolute atomic E-state index is 5.77. The Morgan fingerprint density at radius 3 is 1.62 bits per heavy atom. The van der Waals surface area contributed by atoms with Crippen molar-refractivity contribution in [1.29, 1.82) is 0 Å². The third-order valence-electron chi connectivity index (χ3n) is 4.31. The molecule has 0 amide bonds. The second kappa shape index (κ2) is 7.97. The van der Waals surface area contributed by atoms with Gasteiger partial charge in [0, 0.05) is 32.9 Å². The van der Waals surface area contributed by atoms with E-state index in [2.05, 4.69) is 29.2 Å². The first-order valence-corrected chi connectivity index (χ1v) is 9.41. The summed E-state index contributed by atoms with van der Waals surface area (Å²) in [5.41, 5.74) is 2.93. The Balaban J connectivity index is 2.31. The van der Waals surface area contributed by atoms with Gasteiger partial charge in [0.05, 0.1) is 27.0 Å². The summed E-state index contributed by atoms with van der Waals surface area (Å²) >= 11 is 0. The lowest BCUT2D eigenvalue weighted by atomic mass is 10.1. The van der Waals surface area contributed by atoms with Gasteiger partial charge >= 0.3 is 0 Å². The highest BCUT2D eigenvalue weighted by Crippen LogP contribution is 2.45. The second-order valence-electron chi connectivity index (χ2n) is 5.80. The molecule has 3 aromatic rings. The zero-order valence-corrected chi connectivity index (χ0v) is 17.5. The molecule has 0 radical (unpaired) electrons. The van der Waals surface area contributed by atoms with Crippen LogP contribution in [0.15, 0.2) is 66.7 Å². The molecule has 0 heterocycles. The molecule has 134 valence electrons. The largest absolute Gasteiger partial charge is 0.497 e. The van der Waals surface area contributed by atoms with E-state index in [0.717, 1.165) is 44.0 Å². The molecule has 0 bridgehead atoms. The number of para-hydroxylation sites is 2. The van der Waals surface area contributed by atoms with Gasteiger partial charge in [-0.25, -0.2) is 0 Å². The number of hydrogen-bond donors (Lipinski definition) is 0. The Kier molecular flexibility index (Phi) is 5.48. The highest BCUT2D eigenvalue weighted by molar-refractivity contribution is 6.37. The van der Waals surface area contributed by atoms with E-state index in [4.69, 9.17) is 14.2 Å². The van der Waals surface area contributed by atoms with E-state index < -0.39 is 0 Å². The maximum Gasteiger partial charge on any atom is 0.184 e. The predicted molar refractivity (Wildman–Crippen MR) is 110 cm³/mol. The molecule has 3 aromatic carbocycles. The topological polar surface area (TPSA) is 30.9 Å². The molecule has 26 heavy (non-hydrogen) atoms. The number of benzene rings is 3. The molecule has 0 atom stereocenters. The van der Waals surface area contributed by atoms with Crippen LogP contribution in [0.2, 0.25) is 0 Å². The minimum atomic E-state index is 0.700. The zero-order valence-electron chi connectivity index (χ0n) is 15.5. The summed E-state index contributed by atoms with van der Waals surface area (Å²) in [5, 5.41) is 1.04. The monoisotopic (exact) mass is 365 g/mol. The maximum atomic E-state index is 5.77. The van der Waals surface area contributed by atoms with Crippen molar-refractivity contribution in [2.75, 3.05) is 26.2 Å². The Labute approximate surface area is 157 Å². The van der Waals surface area contributed by atoms with Gasteiger partial charge in [0.1, 0.15) is 5.75 Å². The fraction of sp³-hybridized carbons (Fsp3) is 0.143. The molecule has 3 rings (SSSR count). The van der Waals surface area contributed by atoms with Crippen molar-refractivity contribution in [3.05, 3.63) is 66.7 Å². The highest BCUT2D eigenvalue weighted by atomic mass is 28.1. The summed E-state index contributed by atoms with van der Waals surface area (Å²) in [6.07, 6.45) is 0. The molecule has 0 aliphatic heterocycles. The lowest BCUT2D eigenvalue weighted by Gasteiger charge is -2.29. The fourth-order valence-corrected chi connectivity index (χ4v) is 3.88. The summed E-state index contributed by atoms with van der Waals surface area (Å²) in [6.45, 7) is 0. The van der Waals surface area contributed by atoms with Crippen LogP contribution in [-0.2, 0) is 0 Å². The van der Waals surface area contributed by atoms with E-state index in [-0.39, 0.29) is 0 Å². The third kappa shape index (κ3) is 3.26. The molecule has 0 aromatic heterocycles. The summed E-state index contributed by atoms with van der Waals surface area (Å²) in [4.78, 5) is 2.14. The molecule has 0 saturated heterocycles. The number of hydrogen-bond acceptors (Lipinski definition) is 4. The van der Waals surface area contributed by atoms with E-state index in [1.807, 2.05) is 42.5 Å². The van der Waals surface area contributed by atoms with Gasteiger partial charge in [-0.3, -0.25) is 0 Å². The predicted octanol–water partition coefficient (Wildman–Crippen LogP) is 3.17. The summed E-state index contributed by atoms with van der Waals surface area (Å²) in [7, 11) is 5.80. The van der Waals surface area contributed by atoms with E-state index in [1.165, 1.54) is 0 Å². The van der Waals surface area contributed by atoms with E-state index >= 15 is 0 Å². The number of anilines is 3. The van der Waals surface area contributed by atoms with Crippen LogP contribution >= 0.6 is 0 Å². The van der Waals surface area contributed by atoms with Gasteiger partial charge in [-0.2, -0.15) is 0 Å². The Hall–Kier alpha value is -2.92. The molecule has 0 aliphatic rings. The minimum Gasteiger partial charge on any atom is -0.497 e. The summed E-state index contributed by atoms with van der Waals surface area (Å²) < 4.78 is 17.1. The Bertz CT molecular complexity index is 830. The number of methoxy groups -OCH3 is 3. The van der Waals surface area contributed by atoms with E-state index in [1.54, 1.807) is 21.3 Å². The molecular weight excluding hydrogens is 342 g/mol. The van der Waals surface area contributed by atoms with Crippen LogP contribution in [0.4, 0.5) is 17.1 Å². The van der Waals surface area contributed by atoms with Gasteiger partial charge < -0.3 is 19.1 Å². The SMILES string of the molecule is COc1cc(N(c2ccccc2)c2ccccc2)c(OC)c(OC)c1[SiH3]. The first kappa shape index (κ1) is 17.9. The van der Waals surface area contributed by atoms with Crippen molar-refractivity contribution in [3.8, 4) is 17.2 Å². The van der Waals surface area contributed by atoms with Gasteiger partial charge in [-0.1, -0.05) is 36.4 Å². The van der Waals surface area contributed by atoms with Crippen LogP contribution in [0, 0.1) is 0 Å². The number of ether oxygens (including phenoxy) is 3. The lowest BCUT2D eigenvalue weighted by molar-refractivity contribution is 0.354.